The van der Waals surface area contributed by atoms with Crippen molar-refractivity contribution in [2.45, 2.75) is 32.7 Å². The first kappa shape index (κ1) is 14.3. The molecule has 0 aliphatic carbocycles. The molecule has 0 aromatic carbocycles. The van der Waals surface area contributed by atoms with E-state index >= 15 is 0 Å². The number of ether oxygens (including phenoxy) is 1. The summed E-state index contributed by atoms with van der Waals surface area (Å²) >= 11 is 3.83. The van der Waals surface area contributed by atoms with Crippen molar-refractivity contribution < 1.29 is 14.6 Å². The second kappa shape index (κ2) is 5.99. The predicted octanol–water partition coefficient (Wildman–Crippen LogP) is 0.184. The number of carbonyl (C=O) groups is 1. The van der Waals surface area contributed by atoms with Crippen LogP contribution in [0.4, 0.5) is 0 Å². The number of aliphatic hydroxyl groups excluding tert-OH is 1. The smallest absolute Gasteiger partial charge is 0.320 e. The number of aliphatic hydroxyl groups is 1. The maximum Gasteiger partial charge on any atom is 0.320 e. The first-order valence-electron chi connectivity index (χ1n) is 4.48. The molecule has 5 nitrogen and oxygen atoms in total. The maximum atomic E-state index is 11.2. The highest BCUT2D eigenvalue weighted by molar-refractivity contribution is 7.84. The Bertz CT molecular complexity index is 238. The molecule has 0 saturated heterocycles. The second-order valence-electron chi connectivity index (χ2n) is 3.96. The minimum atomic E-state index is -1.07. The summed E-state index contributed by atoms with van der Waals surface area (Å²) < 4.78 is 5.01. The zero-order valence-corrected chi connectivity index (χ0v) is 10.1. The normalized spacial score (nSPS) is 13.1. The van der Waals surface area contributed by atoms with E-state index in [1.54, 1.807) is 20.8 Å². The lowest BCUT2D eigenvalue weighted by Crippen LogP contribution is -2.44. The summed E-state index contributed by atoms with van der Waals surface area (Å²) in [5.41, 5.74) is -0.524. The molecule has 0 aliphatic rings. The number of thiol groups is 1. The van der Waals surface area contributed by atoms with Gasteiger partial charge in [0, 0.05) is 0 Å². The molecule has 0 aromatic heterocycles. The summed E-state index contributed by atoms with van der Waals surface area (Å²) in [5, 5.41) is 14.5. The molecule has 0 rings (SSSR count). The first-order chi connectivity index (χ1) is 6.70. The average molecular weight is 234 g/mol. The fourth-order valence-corrected chi connectivity index (χ4v) is 0.889. The summed E-state index contributed by atoms with van der Waals surface area (Å²) in [6.07, 6.45) is -1.07. The van der Waals surface area contributed by atoms with Crippen LogP contribution in [0.25, 0.3) is 0 Å². The molecule has 6 heteroatoms. The highest BCUT2D eigenvalue weighted by Gasteiger charge is 2.16. The van der Waals surface area contributed by atoms with E-state index in [1.807, 2.05) is 0 Å². The van der Waals surface area contributed by atoms with Crippen LogP contribution >= 0.6 is 12.6 Å². The fraction of sp³-hybridized carbons (Fsp3) is 0.667. The standard InChI is InChI=1S/C9H18N2O3S/c1-6(15)11-8(13)10-5-7(12)14-9(2,3)4/h8,10-11,13,15H,1,5H2,2-4H3. The predicted molar refractivity (Wildman–Crippen MR) is 61.1 cm³/mol. The van der Waals surface area contributed by atoms with Gasteiger partial charge in [-0.1, -0.05) is 6.58 Å². The molecule has 15 heavy (non-hydrogen) atoms. The topological polar surface area (TPSA) is 70.6 Å². The molecule has 88 valence electrons. The van der Waals surface area contributed by atoms with E-state index in [-0.39, 0.29) is 6.54 Å². The molecule has 0 bridgehead atoms. The van der Waals surface area contributed by atoms with Crippen LogP contribution in [-0.2, 0) is 9.53 Å². The van der Waals surface area contributed by atoms with Gasteiger partial charge in [-0.25, -0.2) is 0 Å². The van der Waals surface area contributed by atoms with Gasteiger partial charge in [0.05, 0.1) is 11.6 Å². The van der Waals surface area contributed by atoms with Gasteiger partial charge in [0.25, 0.3) is 0 Å². The Hall–Kier alpha value is -0.720. The SMILES string of the molecule is C=C(S)NC(O)NCC(=O)OC(C)(C)C. The third-order valence-electron chi connectivity index (χ3n) is 1.16. The van der Waals surface area contributed by atoms with Crippen LogP contribution in [0.15, 0.2) is 11.6 Å². The lowest BCUT2D eigenvalue weighted by molar-refractivity contribution is -0.154. The van der Waals surface area contributed by atoms with Gasteiger partial charge in [-0.3, -0.25) is 10.1 Å². The fourth-order valence-electron chi connectivity index (χ4n) is 0.766. The van der Waals surface area contributed by atoms with E-state index in [0.717, 1.165) is 0 Å². The summed E-state index contributed by atoms with van der Waals surface area (Å²) in [5.74, 6) is -0.437. The van der Waals surface area contributed by atoms with Crippen molar-refractivity contribution in [2.75, 3.05) is 6.54 Å². The Morgan fingerprint density at radius 3 is 2.53 bits per heavy atom. The monoisotopic (exact) mass is 234 g/mol. The molecule has 1 atom stereocenters. The lowest BCUT2D eigenvalue weighted by atomic mass is 10.2. The Balaban J connectivity index is 3.76. The van der Waals surface area contributed by atoms with Crippen LogP contribution in [0.1, 0.15) is 20.8 Å². The van der Waals surface area contributed by atoms with Gasteiger partial charge in [-0.05, 0) is 20.8 Å². The van der Waals surface area contributed by atoms with Crippen molar-refractivity contribution in [3.8, 4) is 0 Å². The molecule has 0 radical (unpaired) electrons. The average Bonchev–Trinajstić information content (AvgIpc) is 1.96. The minimum Gasteiger partial charge on any atom is -0.459 e. The molecule has 0 spiro atoms. The summed E-state index contributed by atoms with van der Waals surface area (Å²) in [4.78, 5) is 11.2. The van der Waals surface area contributed by atoms with Crippen LogP contribution in [0.5, 0.6) is 0 Å². The molecule has 0 amide bonds. The molecule has 0 aliphatic heterocycles. The molecule has 1 unspecified atom stereocenters. The van der Waals surface area contributed by atoms with Crippen LogP contribution < -0.4 is 10.6 Å². The highest BCUT2D eigenvalue weighted by atomic mass is 32.1. The highest BCUT2D eigenvalue weighted by Crippen LogP contribution is 2.06. The number of nitrogens with one attached hydrogen (secondary N) is 2. The number of hydrogen-bond donors (Lipinski definition) is 4. The second-order valence-corrected chi connectivity index (χ2v) is 4.50. The van der Waals surface area contributed by atoms with E-state index in [1.165, 1.54) is 0 Å². The van der Waals surface area contributed by atoms with E-state index in [4.69, 9.17) is 4.74 Å². The lowest BCUT2D eigenvalue weighted by Gasteiger charge is -2.20. The van der Waals surface area contributed by atoms with Crippen LogP contribution in [0.2, 0.25) is 0 Å². The molecular formula is C9H18N2O3S. The van der Waals surface area contributed by atoms with Gasteiger partial charge in [-0.15, -0.1) is 12.6 Å². The number of hydrogen-bond acceptors (Lipinski definition) is 6. The van der Waals surface area contributed by atoms with Gasteiger partial charge in [0.15, 0.2) is 6.35 Å². The van der Waals surface area contributed by atoms with Crippen molar-refractivity contribution in [2.24, 2.45) is 0 Å². The van der Waals surface area contributed by atoms with Gasteiger partial charge in [0.2, 0.25) is 0 Å². The molecule has 0 heterocycles. The van der Waals surface area contributed by atoms with Crippen LogP contribution in [-0.4, -0.2) is 29.6 Å². The Labute approximate surface area is 95.3 Å². The number of esters is 1. The Kier molecular flexibility index (Phi) is 5.71. The number of rotatable bonds is 5. The first-order valence-corrected chi connectivity index (χ1v) is 4.93. The Morgan fingerprint density at radius 2 is 2.13 bits per heavy atom. The third-order valence-corrected chi connectivity index (χ3v) is 1.29. The van der Waals surface area contributed by atoms with Crippen molar-refractivity contribution in [1.82, 2.24) is 10.6 Å². The van der Waals surface area contributed by atoms with Gasteiger partial charge >= 0.3 is 5.97 Å². The number of carbonyl (C=O) groups excluding carboxylic acids is 1. The van der Waals surface area contributed by atoms with Gasteiger partial charge in [0.1, 0.15) is 5.60 Å². The molecule has 0 saturated carbocycles. The Morgan fingerprint density at radius 1 is 1.60 bits per heavy atom. The van der Waals surface area contributed by atoms with E-state index in [0.29, 0.717) is 5.03 Å². The quantitative estimate of drug-likeness (QED) is 0.310. The maximum absolute atomic E-state index is 11.2. The zero-order chi connectivity index (χ0) is 12.1. The molecule has 0 fully saturated rings. The molecular weight excluding hydrogens is 216 g/mol. The van der Waals surface area contributed by atoms with Crippen molar-refractivity contribution in [3.63, 3.8) is 0 Å². The van der Waals surface area contributed by atoms with Crippen LogP contribution in [0, 0.1) is 0 Å². The van der Waals surface area contributed by atoms with E-state index in [9.17, 15) is 9.90 Å². The van der Waals surface area contributed by atoms with Crippen molar-refractivity contribution in [3.05, 3.63) is 11.6 Å². The van der Waals surface area contributed by atoms with Crippen molar-refractivity contribution in [1.29, 1.82) is 0 Å². The van der Waals surface area contributed by atoms with Crippen molar-refractivity contribution >= 4 is 18.6 Å². The minimum absolute atomic E-state index is 0.0908. The molecule has 3 N–H and O–H groups in total. The van der Waals surface area contributed by atoms with Gasteiger partial charge in [-0.2, -0.15) is 0 Å². The largest absolute Gasteiger partial charge is 0.459 e. The summed E-state index contributed by atoms with van der Waals surface area (Å²) in [7, 11) is 0. The van der Waals surface area contributed by atoms with E-state index in [2.05, 4.69) is 29.8 Å². The zero-order valence-electron chi connectivity index (χ0n) is 9.20. The summed E-state index contributed by atoms with van der Waals surface area (Å²) in [6, 6.07) is 0. The summed E-state index contributed by atoms with van der Waals surface area (Å²) in [6.45, 7) is 8.65. The van der Waals surface area contributed by atoms with E-state index < -0.39 is 17.9 Å². The molecule has 0 aromatic rings. The van der Waals surface area contributed by atoms with Crippen LogP contribution in [0.3, 0.4) is 0 Å². The van der Waals surface area contributed by atoms with Gasteiger partial charge < -0.3 is 15.2 Å². The third kappa shape index (κ3) is 9.58.